The molecule has 2 heterocycles. The normalized spacial score (nSPS) is 15.2. The van der Waals surface area contributed by atoms with Crippen LogP contribution in [-0.2, 0) is 11.2 Å². The third kappa shape index (κ3) is 4.00. The van der Waals surface area contributed by atoms with E-state index < -0.39 is 0 Å². The van der Waals surface area contributed by atoms with Gasteiger partial charge < -0.3 is 10.6 Å². The van der Waals surface area contributed by atoms with Gasteiger partial charge in [0.25, 0.3) is 0 Å². The Balaban J connectivity index is 1.76. The minimum atomic E-state index is 0.0532. The molecule has 0 saturated carbocycles. The van der Waals surface area contributed by atoms with Crippen LogP contribution in [0.3, 0.4) is 0 Å². The summed E-state index contributed by atoms with van der Waals surface area (Å²) in [5.74, 6) is 0.0532. The molecule has 1 aromatic rings. The van der Waals surface area contributed by atoms with Crippen LogP contribution in [0.4, 0.5) is 0 Å². The van der Waals surface area contributed by atoms with Gasteiger partial charge in [0.2, 0.25) is 5.91 Å². The topological polar surface area (TPSA) is 54.0 Å². The van der Waals surface area contributed by atoms with Crippen LogP contribution in [0.5, 0.6) is 0 Å². The van der Waals surface area contributed by atoms with Crippen LogP contribution in [-0.4, -0.2) is 30.5 Å². The number of nitrogens with one attached hydrogen (secondary N) is 2. The monoisotopic (exact) mass is 231 g/mol. The van der Waals surface area contributed by atoms with Crippen LogP contribution in [0.15, 0.2) is 36.2 Å². The molecule has 0 saturated heterocycles. The largest absolute Gasteiger partial charge is 0.352 e. The van der Waals surface area contributed by atoms with E-state index in [9.17, 15) is 4.79 Å². The third-order valence-electron chi connectivity index (χ3n) is 2.76. The first-order chi connectivity index (χ1) is 8.34. The lowest BCUT2D eigenvalue weighted by atomic mass is 10.1. The second-order valence-electron chi connectivity index (χ2n) is 4.13. The number of pyridine rings is 1. The van der Waals surface area contributed by atoms with Gasteiger partial charge in [-0.1, -0.05) is 17.7 Å². The average molecular weight is 231 g/mol. The van der Waals surface area contributed by atoms with E-state index in [1.807, 2.05) is 12.1 Å². The molecule has 1 amide bonds. The highest BCUT2D eigenvalue weighted by molar-refractivity contribution is 5.78. The zero-order valence-corrected chi connectivity index (χ0v) is 9.78. The summed E-state index contributed by atoms with van der Waals surface area (Å²) in [4.78, 5) is 15.7. The van der Waals surface area contributed by atoms with Gasteiger partial charge in [-0.3, -0.25) is 9.78 Å². The fraction of sp³-hybridized carbons (Fsp3) is 0.385. The van der Waals surface area contributed by atoms with Gasteiger partial charge in [0.15, 0.2) is 0 Å². The molecule has 0 atom stereocenters. The molecule has 2 N–H and O–H groups in total. The maximum Gasteiger partial charge on any atom is 0.224 e. The van der Waals surface area contributed by atoms with Crippen molar-refractivity contribution in [1.82, 2.24) is 15.6 Å². The van der Waals surface area contributed by atoms with Crippen molar-refractivity contribution in [3.8, 4) is 0 Å². The first-order valence-electron chi connectivity index (χ1n) is 5.89. The molecule has 0 bridgehead atoms. The summed E-state index contributed by atoms with van der Waals surface area (Å²) in [6, 6.07) is 3.76. The minimum absolute atomic E-state index is 0.0532. The lowest BCUT2D eigenvalue weighted by Gasteiger charge is -2.14. The summed E-state index contributed by atoms with van der Waals surface area (Å²) >= 11 is 0. The summed E-state index contributed by atoms with van der Waals surface area (Å²) in [5.41, 5.74) is 2.26. The molecule has 1 aliphatic rings. The maximum atomic E-state index is 11.7. The second kappa shape index (κ2) is 6.15. The molecule has 4 nitrogen and oxygen atoms in total. The lowest BCUT2D eigenvalue weighted by molar-refractivity contribution is -0.120. The number of carbonyl (C=O) groups excluding carboxylic acids is 1. The molecule has 1 aliphatic heterocycles. The van der Waals surface area contributed by atoms with E-state index >= 15 is 0 Å². The molecular formula is C13H17N3O. The van der Waals surface area contributed by atoms with Crippen LogP contribution in [0, 0.1) is 0 Å². The predicted molar refractivity (Wildman–Crippen MR) is 66.5 cm³/mol. The predicted octanol–water partition coefficient (Wildman–Crippen LogP) is 0.660. The zero-order chi connectivity index (χ0) is 11.9. The number of hydrogen-bond donors (Lipinski definition) is 2. The minimum Gasteiger partial charge on any atom is -0.352 e. The highest BCUT2D eigenvalue weighted by Gasteiger charge is 2.06. The maximum absolute atomic E-state index is 11.7. The van der Waals surface area contributed by atoms with Crippen molar-refractivity contribution in [2.45, 2.75) is 12.8 Å². The van der Waals surface area contributed by atoms with E-state index in [-0.39, 0.29) is 5.91 Å². The average Bonchev–Trinajstić information content (AvgIpc) is 2.39. The van der Waals surface area contributed by atoms with E-state index in [0.29, 0.717) is 13.0 Å². The molecule has 1 aromatic heterocycles. The van der Waals surface area contributed by atoms with E-state index in [1.165, 1.54) is 5.57 Å². The lowest BCUT2D eigenvalue weighted by Crippen LogP contribution is -2.30. The molecule has 0 unspecified atom stereocenters. The molecular weight excluding hydrogens is 214 g/mol. The molecule has 17 heavy (non-hydrogen) atoms. The molecule has 4 heteroatoms. The van der Waals surface area contributed by atoms with E-state index in [2.05, 4.69) is 21.7 Å². The number of amides is 1. The van der Waals surface area contributed by atoms with E-state index in [4.69, 9.17) is 0 Å². The molecule has 2 rings (SSSR count). The molecule has 0 aromatic carbocycles. The van der Waals surface area contributed by atoms with Crippen molar-refractivity contribution in [2.24, 2.45) is 0 Å². The van der Waals surface area contributed by atoms with Gasteiger partial charge in [0.05, 0.1) is 6.42 Å². The summed E-state index contributed by atoms with van der Waals surface area (Å²) < 4.78 is 0. The fourth-order valence-corrected chi connectivity index (χ4v) is 1.79. The standard InChI is InChI=1S/C13H17N3O/c17-13(8-12-2-1-5-15-9-12)16-10-11-3-6-14-7-4-11/h1-3,5,9,14H,4,6-8,10H2,(H,16,17). The zero-order valence-electron chi connectivity index (χ0n) is 9.78. The number of aromatic nitrogens is 1. The number of hydrogen-bond acceptors (Lipinski definition) is 3. The van der Waals surface area contributed by atoms with Gasteiger partial charge >= 0.3 is 0 Å². The van der Waals surface area contributed by atoms with Crippen LogP contribution < -0.4 is 10.6 Å². The Hall–Kier alpha value is -1.68. The number of rotatable bonds is 4. The number of carbonyl (C=O) groups is 1. The van der Waals surface area contributed by atoms with Gasteiger partial charge in [0.1, 0.15) is 0 Å². The van der Waals surface area contributed by atoms with E-state index in [1.54, 1.807) is 12.4 Å². The van der Waals surface area contributed by atoms with Gasteiger partial charge in [-0.05, 0) is 24.6 Å². The summed E-state index contributed by atoms with van der Waals surface area (Å²) in [6.45, 7) is 2.58. The van der Waals surface area contributed by atoms with Gasteiger partial charge in [-0.25, -0.2) is 0 Å². The third-order valence-corrected chi connectivity index (χ3v) is 2.76. The Bertz CT molecular complexity index is 400. The van der Waals surface area contributed by atoms with Crippen LogP contribution in [0.25, 0.3) is 0 Å². The second-order valence-corrected chi connectivity index (χ2v) is 4.13. The molecule has 0 aliphatic carbocycles. The quantitative estimate of drug-likeness (QED) is 0.748. The Morgan fingerprint density at radius 3 is 3.18 bits per heavy atom. The summed E-state index contributed by atoms with van der Waals surface area (Å²) in [5, 5.41) is 6.18. The van der Waals surface area contributed by atoms with Crippen molar-refractivity contribution in [3.05, 3.63) is 41.7 Å². The molecule has 0 fully saturated rings. The van der Waals surface area contributed by atoms with E-state index in [0.717, 1.165) is 25.1 Å². The highest BCUT2D eigenvalue weighted by atomic mass is 16.1. The van der Waals surface area contributed by atoms with Gasteiger partial charge in [-0.15, -0.1) is 0 Å². The Morgan fingerprint density at radius 2 is 2.47 bits per heavy atom. The molecule has 0 radical (unpaired) electrons. The summed E-state index contributed by atoms with van der Waals surface area (Å²) in [7, 11) is 0. The Labute approximate surface area is 101 Å². The number of nitrogens with zero attached hydrogens (tertiary/aromatic N) is 1. The molecule has 90 valence electrons. The van der Waals surface area contributed by atoms with Gasteiger partial charge in [0, 0.05) is 25.5 Å². The van der Waals surface area contributed by atoms with Crippen LogP contribution in [0.2, 0.25) is 0 Å². The Morgan fingerprint density at radius 1 is 1.53 bits per heavy atom. The molecule has 0 spiro atoms. The van der Waals surface area contributed by atoms with Crippen molar-refractivity contribution in [3.63, 3.8) is 0 Å². The first-order valence-corrected chi connectivity index (χ1v) is 5.89. The smallest absolute Gasteiger partial charge is 0.224 e. The van der Waals surface area contributed by atoms with Crippen LogP contribution in [0.1, 0.15) is 12.0 Å². The van der Waals surface area contributed by atoms with Gasteiger partial charge in [-0.2, -0.15) is 0 Å². The highest BCUT2D eigenvalue weighted by Crippen LogP contribution is 2.02. The van der Waals surface area contributed by atoms with Crippen molar-refractivity contribution in [2.75, 3.05) is 19.6 Å². The van der Waals surface area contributed by atoms with Crippen molar-refractivity contribution in [1.29, 1.82) is 0 Å². The first kappa shape index (κ1) is 11.8. The fourth-order valence-electron chi connectivity index (χ4n) is 1.79. The summed E-state index contributed by atoms with van der Waals surface area (Å²) in [6.07, 6.45) is 7.00. The van der Waals surface area contributed by atoms with Crippen molar-refractivity contribution >= 4 is 5.91 Å². The van der Waals surface area contributed by atoms with Crippen LogP contribution >= 0.6 is 0 Å². The SMILES string of the molecule is O=C(Cc1cccnc1)NCC1=CCNCC1. The Kier molecular flexibility index (Phi) is 4.27. The van der Waals surface area contributed by atoms with Crippen molar-refractivity contribution < 1.29 is 4.79 Å².